The zero-order chi connectivity index (χ0) is 15.9. The number of carbonyl (C=O) groups excluding carboxylic acids is 1. The molecule has 3 rings (SSSR count). The molecule has 0 unspecified atom stereocenters. The minimum atomic E-state index is -0.347. The first kappa shape index (κ1) is 14.5. The number of benzene rings is 2. The number of nitrogen functional groups attached to an aromatic ring is 1. The van der Waals surface area contributed by atoms with Gasteiger partial charge in [-0.05, 0) is 70.4 Å². The van der Waals surface area contributed by atoms with Crippen LogP contribution < -0.4 is 15.8 Å². The lowest BCUT2D eigenvalue weighted by Gasteiger charge is -2.20. The smallest absolute Gasteiger partial charge is 0.291 e. The van der Waals surface area contributed by atoms with Crippen molar-refractivity contribution in [3.8, 4) is 11.5 Å². The molecule has 0 atom stereocenters. The fraction of sp³-hybridized carbons (Fsp3) is 0.0625. The molecule has 2 aromatic carbocycles. The molecule has 0 radical (unpaired) electrons. The van der Waals surface area contributed by atoms with Crippen molar-refractivity contribution in [1.82, 2.24) is 0 Å². The molecule has 0 aliphatic carbocycles. The Labute approximate surface area is 135 Å². The number of rotatable bonds is 1. The molecule has 0 bridgehead atoms. The number of nitrogens with one attached hydrogen (secondary N) is 1. The summed E-state index contributed by atoms with van der Waals surface area (Å²) in [6.45, 7) is 1.78. The maximum absolute atomic E-state index is 12.1. The number of hydrogen-bond donors (Lipinski definition) is 3. The Morgan fingerprint density at radius 1 is 1.32 bits per heavy atom. The maximum Gasteiger partial charge on any atom is 0.291 e. The first-order chi connectivity index (χ1) is 10.4. The van der Waals surface area contributed by atoms with Crippen molar-refractivity contribution in [2.24, 2.45) is 0 Å². The Kier molecular flexibility index (Phi) is 3.54. The average Bonchev–Trinajstić information content (AvgIpc) is 2.45. The SMILES string of the molecule is Cc1cc(/C=C2\Oc3ccc(N)cc3NC2=O)cc(Br)c1O. The van der Waals surface area contributed by atoms with Gasteiger partial charge >= 0.3 is 0 Å². The van der Waals surface area contributed by atoms with Crippen LogP contribution >= 0.6 is 15.9 Å². The molecule has 22 heavy (non-hydrogen) atoms. The van der Waals surface area contributed by atoms with Crippen LogP contribution in [-0.4, -0.2) is 11.0 Å². The van der Waals surface area contributed by atoms with Crippen LogP contribution in [0.2, 0.25) is 0 Å². The largest absolute Gasteiger partial charge is 0.506 e. The van der Waals surface area contributed by atoms with Crippen molar-refractivity contribution in [2.45, 2.75) is 6.92 Å². The van der Waals surface area contributed by atoms with Gasteiger partial charge in [-0.1, -0.05) is 0 Å². The number of anilines is 2. The van der Waals surface area contributed by atoms with E-state index < -0.39 is 0 Å². The zero-order valence-electron chi connectivity index (χ0n) is 11.7. The third kappa shape index (κ3) is 2.65. The van der Waals surface area contributed by atoms with Gasteiger partial charge in [0, 0.05) is 5.69 Å². The number of aryl methyl sites for hydroxylation is 1. The van der Waals surface area contributed by atoms with E-state index >= 15 is 0 Å². The summed E-state index contributed by atoms with van der Waals surface area (Å²) < 4.78 is 6.19. The molecule has 6 heteroatoms. The Morgan fingerprint density at radius 3 is 2.82 bits per heavy atom. The van der Waals surface area contributed by atoms with Crippen LogP contribution in [0.25, 0.3) is 6.08 Å². The normalized spacial score (nSPS) is 15.2. The van der Waals surface area contributed by atoms with Crippen molar-refractivity contribution in [2.75, 3.05) is 11.1 Å². The van der Waals surface area contributed by atoms with E-state index in [4.69, 9.17) is 10.5 Å². The molecule has 1 aliphatic rings. The first-order valence-electron chi connectivity index (χ1n) is 6.53. The summed E-state index contributed by atoms with van der Waals surface area (Å²) in [5.74, 6) is 0.542. The standard InChI is InChI=1S/C16H13BrN2O3/c1-8-4-9(5-11(17)15(8)20)6-14-16(21)19-12-7-10(18)2-3-13(12)22-14/h2-7,20H,18H2,1H3,(H,19,21)/b14-6-. The Balaban J connectivity index is 1.99. The van der Waals surface area contributed by atoms with Gasteiger partial charge in [0.15, 0.2) is 11.5 Å². The summed E-state index contributed by atoms with van der Waals surface area (Å²) in [4.78, 5) is 12.1. The summed E-state index contributed by atoms with van der Waals surface area (Å²) in [6.07, 6.45) is 1.62. The number of fused-ring (bicyclic) bond motifs is 1. The number of amides is 1. The predicted octanol–water partition coefficient (Wildman–Crippen LogP) is 3.42. The molecule has 0 spiro atoms. The van der Waals surface area contributed by atoms with E-state index in [-0.39, 0.29) is 17.4 Å². The minimum absolute atomic E-state index is 0.175. The highest BCUT2D eigenvalue weighted by Gasteiger charge is 2.22. The third-order valence-electron chi connectivity index (χ3n) is 3.27. The van der Waals surface area contributed by atoms with Crippen LogP contribution in [0.3, 0.4) is 0 Å². The van der Waals surface area contributed by atoms with Crippen LogP contribution in [0.4, 0.5) is 11.4 Å². The molecule has 0 aromatic heterocycles. The topological polar surface area (TPSA) is 84.6 Å². The lowest BCUT2D eigenvalue weighted by molar-refractivity contribution is -0.115. The molecule has 1 aliphatic heterocycles. The summed E-state index contributed by atoms with van der Waals surface area (Å²) >= 11 is 3.28. The van der Waals surface area contributed by atoms with Crippen LogP contribution in [0.5, 0.6) is 11.5 Å². The molecule has 112 valence electrons. The molecule has 0 saturated carbocycles. The van der Waals surface area contributed by atoms with Crippen molar-refractivity contribution < 1.29 is 14.6 Å². The maximum atomic E-state index is 12.1. The molecule has 0 saturated heterocycles. The molecule has 2 aromatic rings. The average molecular weight is 361 g/mol. The molecular formula is C16H13BrN2O3. The predicted molar refractivity (Wildman–Crippen MR) is 88.6 cm³/mol. The van der Waals surface area contributed by atoms with E-state index in [9.17, 15) is 9.90 Å². The van der Waals surface area contributed by atoms with Crippen LogP contribution in [0.15, 0.2) is 40.6 Å². The third-order valence-corrected chi connectivity index (χ3v) is 3.87. The number of ether oxygens (including phenoxy) is 1. The van der Waals surface area contributed by atoms with Crippen LogP contribution in [0, 0.1) is 6.92 Å². The number of nitrogens with two attached hydrogens (primary N) is 1. The van der Waals surface area contributed by atoms with E-state index in [1.54, 1.807) is 43.3 Å². The van der Waals surface area contributed by atoms with Gasteiger partial charge < -0.3 is 20.9 Å². The molecule has 5 nitrogen and oxygen atoms in total. The number of hydrogen-bond acceptors (Lipinski definition) is 4. The summed E-state index contributed by atoms with van der Waals surface area (Å²) in [5, 5.41) is 12.5. The molecule has 1 amide bonds. The van der Waals surface area contributed by atoms with Gasteiger partial charge in [-0.15, -0.1) is 0 Å². The highest BCUT2D eigenvalue weighted by atomic mass is 79.9. The monoisotopic (exact) mass is 360 g/mol. The number of halogens is 1. The van der Waals surface area contributed by atoms with E-state index in [0.717, 1.165) is 5.56 Å². The highest BCUT2D eigenvalue weighted by molar-refractivity contribution is 9.10. The van der Waals surface area contributed by atoms with E-state index in [1.165, 1.54) is 0 Å². The molecule has 0 fully saturated rings. The minimum Gasteiger partial charge on any atom is -0.506 e. The second-order valence-corrected chi connectivity index (χ2v) is 5.84. The number of aromatic hydroxyl groups is 1. The Hall–Kier alpha value is -2.47. The lowest BCUT2D eigenvalue weighted by Crippen LogP contribution is -2.23. The van der Waals surface area contributed by atoms with Gasteiger partial charge in [-0.2, -0.15) is 0 Å². The van der Waals surface area contributed by atoms with Gasteiger partial charge in [0.05, 0.1) is 10.2 Å². The second-order valence-electron chi connectivity index (χ2n) is 4.99. The van der Waals surface area contributed by atoms with Crippen molar-refractivity contribution in [1.29, 1.82) is 0 Å². The first-order valence-corrected chi connectivity index (χ1v) is 7.33. The number of carbonyl (C=O) groups is 1. The van der Waals surface area contributed by atoms with Gasteiger partial charge in [0.25, 0.3) is 5.91 Å². The molecular weight excluding hydrogens is 348 g/mol. The van der Waals surface area contributed by atoms with Gasteiger partial charge in [-0.3, -0.25) is 4.79 Å². The van der Waals surface area contributed by atoms with E-state index in [0.29, 0.717) is 27.2 Å². The lowest BCUT2D eigenvalue weighted by atomic mass is 10.1. The summed E-state index contributed by atoms with van der Waals surface area (Å²) in [7, 11) is 0. The van der Waals surface area contributed by atoms with E-state index in [2.05, 4.69) is 21.2 Å². The number of phenolic OH excluding ortho intramolecular Hbond substituents is 1. The van der Waals surface area contributed by atoms with Crippen molar-refractivity contribution in [3.05, 3.63) is 51.7 Å². The fourth-order valence-electron chi connectivity index (χ4n) is 2.18. The van der Waals surface area contributed by atoms with Crippen LogP contribution in [-0.2, 0) is 4.79 Å². The summed E-state index contributed by atoms with van der Waals surface area (Å²) in [5.41, 5.74) is 8.22. The van der Waals surface area contributed by atoms with E-state index in [1.807, 2.05) is 0 Å². The Morgan fingerprint density at radius 2 is 2.09 bits per heavy atom. The van der Waals surface area contributed by atoms with Crippen molar-refractivity contribution >= 4 is 39.3 Å². The van der Waals surface area contributed by atoms with Crippen molar-refractivity contribution in [3.63, 3.8) is 0 Å². The van der Waals surface area contributed by atoms with Gasteiger partial charge in [0.2, 0.25) is 0 Å². The zero-order valence-corrected chi connectivity index (χ0v) is 13.3. The quantitative estimate of drug-likeness (QED) is 0.537. The van der Waals surface area contributed by atoms with Gasteiger partial charge in [0.1, 0.15) is 5.75 Å². The summed E-state index contributed by atoms with van der Waals surface area (Å²) in [6, 6.07) is 8.53. The van der Waals surface area contributed by atoms with Crippen LogP contribution in [0.1, 0.15) is 11.1 Å². The number of phenols is 1. The van der Waals surface area contributed by atoms with Gasteiger partial charge in [-0.25, -0.2) is 0 Å². The molecule has 1 heterocycles. The molecule has 4 N–H and O–H groups in total. The second kappa shape index (κ2) is 5.38. The fourth-order valence-corrected chi connectivity index (χ4v) is 2.75. The highest BCUT2D eigenvalue weighted by Crippen LogP contribution is 2.34. The Bertz CT molecular complexity index is 792.